The molecule has 10 aromatic rings. The Bertz CT molecular complexity index is 3130. The van der Waals surface area contributed by atoms with E-state index in [4.69, 9.17) is 0 Å². The van der Waals surface area contributed by atoms with Gasteiger partial charge in [-0.25, -0.2) is 0 Å². The Morgan fingerprint density at radius 3 is 1.62 bits per heavy atom. The van der Waals surface area contributed by atoms with Crippen molar-refractivity contribution in [3.8, 4) is 33.4 Å². The zero-order valence-corrected chi connectivity index (χ0v) is 30.7. The molecule has 0 saturated heterocycles. The van der Waals surface area contributed by atoms with Gasteiger partial charge < -0.3 is 4.90 Å². The van der Waals surface area contributed by atoms with Gasteiger partial charge in [-0.2, -0.15) is 0 Å². The van der Waals surface area contributed by atoms with E-state index in [9.17, 15) is 0 Å². The van der Waals surface area contributed by atoms with E-state index in [0.717, 1.165) is 11.4 Å². The van der Waals surface area contributed by atoms with Gasteiger partial charge in [0.25, 0.3) is 0 Å². The summed E-state index contributed by atoms with van der Waals surface area (Å²) >= 11 is 1.87. The van der Waals surface area contributed by atoms with Crippen LogP contribution in [0.5, 0.6) is 0 Å². The van der Waals surface area contributed by atoms with Crippen LogP contribution < -0.4 is 4.90 Å². The lowest BCUT2D eigenvalue weighted by Crippen LogP contribution is -2.26. The zero-order chi connectivity index (χ0) is 36.1. The minimum absolute atomic E-state index is 0.430. The highest BCUT2D eigenvalue weighted by Gasteiger charge is 2.52. The fraction of sp³-hybridized carbons (Fsp3) is 0.0189. The summed E-state index contributed by atoms with van der Waals surface area (Å²) in [5.41, 5.74) is 16.1. The molecule has 1 nitrogen and oxygen atoms in total. The maximum atomic E-state index is 2.56. The molecule has 0 saturated carbocycles. The molecule has 0 N–H and O–H groups in total. The number of hydrogen-bond acceptors (Lipinski definition) is 2. The fourth-order valence-electron chi connectivity index (χ4n) is 10.00. The van der Waals surface area contributed by atoms with Crippen LogP contribution in [-0.4, -0.2) is 0 Å². The lowest BCUT2D eigenvalue weighted by Gasteiger charge is -2.33. The van der Waals surface area contributed by atoms with Crippen LogP contribution in [0.1, 0.15) is 22.3 Å². The number of anilines is 3. The first-order valence-corrected chi connectivity index (χ1v) is 19.8. The van der Waals surface area contributed by atoms with E-state index in [1.54, 1.807) is 0 Å². The molecule has 256 valence electrons. The van der Waals surface area contributed by atoms with E-state index in [-0.39, 0.29) is 0 Å². The van der Waals surface area contributed by atoms with Crippen molar-refractivity contribution in [1.29, 1.82) is 0 Å². The predicted molar refractivity (Wildman–Crippen MR) is 233 cm³/mol. The number of thiophene rings is 1. The molecule has 1 heterocycles. The van der Waals surface area contributed by atoms with Crippen LogP contribution >= 0.6 is 11.3 Å². The first-order valence-electron chi connectivity index (χ1n) is 19.0. The minimum Gasteiger partial charge on any atom is -0.309 e. The molecule has 9 aromatic carbocycles. The topological polar surface area (TPSA) is 3.24 Å². The molecule has 0 radical (unpaired) electrons. The molecule has 0 amide bonds. The van der Waals surface area contributed by atoms with Crippen LogP contribution in [-0.2, 0) is 5.41 Å². The number of para-hydroxylation sites is 1. The van der Waals surface area contributed by atoms with Crippen LogP contribution in [0.25, 0.3) is 64.3 Å². The predicted octanol–water partition coefficient (Wildman–Crippen LogP) is 14.7. The van der Waals surface area contributed by atoms with Crippen LogP contribution in [0.2, 0.25) is 0 Å². The van der Waals surface area contributed by atoms with Gasteiger partial charge in [0.05, 0.1) is 22.5 Å². The summed E-state index contributed by atoms with van der Waals surface area (Å²) in [4.78, 5) is 2.56. The summed E-state index contributed by atoms with van der Waals surface area (Å²) in [7, 11) is 0. The smallest absolute Gasteiger partial charge is 0.0726 e. The van der Waals surface area contributed by atoms with Gasteiger partial charge in [0.2, 0.25) is 0 Å². The second-order valence-electron chi connectivity index (χ2n) is 14.7. The van der Waals surface area contributed by atoms with Gasteiger partial charge in [0.1, 0.15) is 0 Å². The van der Waals surface area contributed by atoms with E-state index in [1.165, 1.54) is 92.3 Å². The number of nitrogens with zero attached hydrogens (tertiary/aromatic N) is 1. The molecule has 0 unspecified atom stereocenters. The summed E-state index contributed by atoms with van der Waals surface area (Å²) in [6, 6.07) is 74.5. The Kier molecular flexibility index (Phi) is 6.49. The van der Waals surface area contributed by atoms with E-state index in [2.05, 4.69) is 205 Å². The van der Waals surface area contributed by atoms with Crippen molar-refractivity contribution < 1.29 is 0 Å². The van der Waals surface area contributed by atoms with E-state index < -0.39 is 5.41 Å². The van der Waals surface area contributed by atoms with Crippen molar-refractivity contribution in [2.75, 3.05) is 4.90 Å². The molecule has 2 aliphatic rings. The number of hydrogen-bond donors (Lipinski definition) is 0. The summed E-state index contributed by atoms with van der Waals surface area (Å²) in [5, 5.41) is 5.06. The van der Waals surface area contributed by atoms with Crippen molar-refractivity contribution in [2.45, 2.75) is 5.41 Å². The normalized spacial score (nSPS) is 13.2. The highest BCUT2D eigenvalue weighted by molar-refractivity contribution is 7.25. The van der Waals surface area contributed by atoms with Crippen molar-refractivity contribution in [3.63, 3.8) is 0 Å². The summed E-state index contributed by atoms with van der Waals surface area (Å²) in [6.07, 6.45) is 0. The highest BCUT2D eigenvalue weighted by Crippen LogP contribution is 2.65. The quantitative estimate of drug-likeness (QED) is 0.175. The third-order valence-corrected chi connectivity index (χ3v) is 13.2. The second kappa shape index (κ2) is 11.6. The third-order valence-electron chi connectivity index (χ3n) is 12.1. The van der Waals surface area contributed by atoms with E-state index >= 15 is 0 Å². The van der Waals surface area contributed by atoms with Gasteiger partial charge >= 0.3 is 0 Å². The molecule has 2 aliphatic carbocycles. The summed E-state index contributed by atoms with van der Waals surface area (Å²) in [6.45, 7) is 0. The molecule has 1 aromatic heterocycles. The van der Waals surface area contributed by atoms with Crippen molar-refractivity contribution in [1.82, 2.24) is 0 Å². The Balaban J connectivity index is 1.21. The van der Waals surface area contributed by atoms with Gasteiger partial charge in [-0.3, -0.25) is 0 Å². The third kappa shape index (κ3) is 4.12. The lowest BCUT2D eigenvalue weighted by molar-refractivity contribution is 0.794. The molecule has 12 rings (SSSR count). The molecule has 55 heavy (non-hydrogen) atoms. The Morgan fingerprint density at radius 1 is 0.327 bits per heavy atom. The molecule has 2 heteroatoms. The van der Waals surface area contributed by atoms with Gasteiger partial charge in [0, 0.05) is 36.7 Å². The minimum atomic E-state index is -0.430. The van der Waals surface area contributed by atoms with Crippen molar-refractivity contribution in [3.05, 3.63) is 222 Å². The van der Waals surface area contributed by atoms with Crippen LogP contribution in [0.3, 0.4) is 0 Å². The standard InChI is InChI=1S/C53H33NS/c1-2-18-35-34(16-1)17-13-30-46(35)54(47-29-11-6-21-38(47)39-24-14-33-50-51(39)41-23-7-12-32-49(41)55-50)48-31-15-28-45-52(48)40-22-5-10-27-44(40)53(45)42-25-8-3-19-36(42)37-20-4-9-26-43(37)53/h1-33H. The number of fused-ring (bicyclic) bond motifs is 14. The van der Waals surface area contributed by atoms with E-state index in [1.807, 2.05) is 11.3 Å². The molecule has 0 atom stereocenters. The van der Waals surface area contributed by atoms with Gasteiger partial charge in [-0.05, 0) is 80.2 Å². The summed E-state index contributed by atoms with van der Waals surface area (Å²) in [5.74, 6) is 0. The fourth-order valence-corrected chi connectivity index (χ4v) is 11.1. The lowest BCUT2D eigenvalue weighted by atomic mass is 9.70. The van der Waals surface area contributed by atoms with Crippen LogP contribution in [0.4, 0.5) is 17.1 Å². The molecule has 0 aliphatic heterocycles. The maximum absolute atomic E-state index is 2.56. The molecular weight excluding hydrogens is 683 g/mol. The van der Waals surface area contributed by atoms with Crippen molar-refractivity contribution in [2.24, 2.45) is 0 Å². The molecular formula is C53H33NS. The molecule has 0 fully saturated rings. The Morgan fingerprint density at radius 2 is 0.818 bits per heavy atom. The monoisotopic (exact) mass is 715 g/mol. The number of benzene rings is 9. The average molecular weight is 716 g/mol. The average Bonchev–Trinajstić information content (AvgIpc) is 3.89. The first kappa shape index (κ1) is 30.7. The van der Waals surface area contributed by atoms with Gasteiger partial charge in [0.15, 0.2) is 0 Å². The highest BCUT2D eigenvalue weighted by atomic mass is 32.1. The first-order chi connectivity index (χ1) is 27.3. The van der Waals surface area contributed by atoms with Gasteiger partial charge in [-0.15, -0.1) is 11.3 Å². The van der Waals surface area contributed by atoms with Gasteiger partial charge in [-0.1, -0.05) is 170 Å². The zero-order valence-electron chi connectivity index (χ0n) is 29.9. The molecule has 1 spiro atoms. The van der Waals surface area contributed by atoms with Crippen LogP contribution in [0, 0.1) is 0 Å². The molecule has 0 bridgehead atoms. The largest absolute Gasteiger partial charge is 0.309 e. The Hall–Kier alpha value is -6.74. The van der Waals surface area contributed by atoms with Crippen molar-refractivity contribution >= 4 is 59.3 Å². The van der Waals surface area contributed by atoms with Crippen LogP contribution in [0.15, 0.2) is 200 Å². The second-order valence-corrected chi connectivity index (χ2v) is 15.8. The maximum Gasteiger partial charge on any atom is 0.0726 e. The number of rotatable bonds is 4. The van der Waals surface area contributed by atoms with E-state index in [0.29, 0.717) is 0 Å². The summed E-state index contributed by atoms with van der Waals surface area (Å²) < 4.78 is 2.62. The SMILES string of the molecule is c1ccc(N(c2cccc3c2-c2ccccc2C32c3ccccc3-c3ccccc32)c2cccc3ccccc23)c(-c2cccc3sc4ccccc4c23)c1. The Labute approximate surface area is 324 Å².